The molecular weight excluding hydrogens is 613 g/mol. The molecule has 0 saturated heterocycles. The van der Waals surface area contributed by atoms with Crippen LogP contribution in [0.5, 0.6) is 5.75 Å². The second-order valence-corrected chi connectivity index (χ2v) is 12.4. The van der Waals surface area contributed by atoms with Gasteiger partial charge in [0.05, 0.1) is 46.9 Å². The van der Waals surface area contributed by atoms with Crippen LogP contribution in [0.2, 0.25) is 0 Å². The van der Waals surface area contributed by atoms with E-state index in [1.165, 1.54) is 29.2 Å². The van der Waals surface area contributed by atoms with Crippen molar-refractivity contribution in [2.45, 2.75) is 55.9 Å². The molecule has 0 radical (unpaired) electrons. The first-order valence-corrected chi connectivity index (χ1v) is 15.4. The third kappa shape index (κ3) is 6.38. The number of rotatable bonds is 8. The highest BCUT2D eigenvalue weighted by atomic mass is 32.2. The number of nitrogens with two attached hydrogens (primary N) is 1. The zero-order valence-electron chi connectivity index (χ0n) is 24.1. The zero-order valence-corrected chi connectivity index (χ0v) is 24.9. The summed E-state index contributed by atoms with van der Waals surface area (Å²) in [4.78, 5) is 18.7. The molecule has 0 spiro atoms. The van der Waals surface area contributed by atoms with Crippen molar-refractivity contribution >= 4 is 21.4 Å². The van der Waals surface area contributed by atoms with E-state index in [2.05, 4.69) is 26.0 Å². The van der Waals surface area contributed by atoms with Crippen molar-refractivity contribution in [1.29, 1.82) is 5.26 Å². The number of benzene rings is 2. The summed E-state index contributed by atoms with van der Waals surface area (Å²) in [7, 11) is -3.96. The number of sulfone groups is 1. The maximum Gasteiger partial charge on any atom is 0.573 e. The summed E-state index contributed by atoms with van der Waals surface area (Å²) >= 11 is 0. The van der Waals surface area contributed by atoms with Crippen molar-refractivity contribution in [3.8, 4) is 34.5 Å². The molecular formula is C30H27F3N6O5S. The predicted octanol–water partition coefficient (Wildman–Crippen LogP) is 4.93. The first-order chi connectivity index (χ1) is 21.3. The number of halogens is 3. The number of anilines is 1. The van der Waals surface area contributed by atoms with Gasteiger partial charge in [-0.3, -0.25) is 9.78 Å². The highest BCUT2D eigenvalue weighted by molar-refractivity contribution is 7.91. The van der Waals surface area contributed by atoms with Gasteiger partial charge in [-0.2, -0.15) is 5.26 Å². The third-order valence-corrected chi connectivity index (χ3v) is 9.44. The molecule has 0 saturated carbocycles. The van der Waals surface area contributed by atoms with Gasteiger partial charge in [0.25, 0.3) is 0 Å². The third-order valence-electron chi connectivity index (χ3n) is 7.63. The lowest BCUT2D eigenvalue weighted by Gasteiger charge is -2.24. The molecule has 234 valence electrons. The standard InChI is InChI=1S/C30H27F3N6O5S/c1-3-29(4-2,17-34)28-38-37-26(43-28)20-9-12-25-24(13-20)39(27(40)22(35)16-45(25,41)42)15-18-5-7-19(8-6-18)23-11-10-21(14-36-23)44-30(31,32)33/h5-14,22H,3-4,15-16,35H2,1-2H3/t22-/m0/s1. The average Bonchev–Trinajstić information content (AvgIpc) is 3.49. The fourth-order valence-electron chi connectivity index (χ4n) is 5.00. The minimum atomic E-state index is -4.83. The fourth-order valence-corrected chi connectivity index (χ4v) is 6.56. The number of pyridine rings is 1. The van der Waals surface area contributed by atoms with Gasteiger partial charge < -0.3 is 19.8 Å². The summed E-state index contributed by atoms with van der Waals surface area (Å²) < 4.78 is 73.6. The minimum Gasteiger partial charge on any atom is -0.419 e. The lowest BCUT2D eigenvalue weighted by molar-refractivity contribution is -0.274. The smallest absolute Gasteiger partial charge is 0.419 e. The van der Waals surface area contributed by atoms with E-state index in [9.17, 15) is 31.6 Å². The topological polar surface area (TPSA) is 165 Å². The molecule has 11 nitrogen and oxygen atoms in total. The molecule has 0 fully saturated rings. The van der Waals surface area contributed by atoms with E-state index in [-0.39, 0.29) is 28.9 Å². The lowest BCUT2D eigenvalue weighted by atomic mass is 9.84. The van der Waals surface area contributed by atoms with Gasteiger partial charge in [-0.05, 0) is 48.7 Å². The molecule has 0 bridgehead atoms. The molecule has 1 atom stereocenters. The molecule has 0 unspecified atom stereocenters. The molecule has 45 heavy (non-hydrogen) atoms. The summed E-state index contributed by atoms with van der Waals surface area (Å²) in [6, 6.07) is 14.5. The molecule has 1 aliphatic rings. The van der Waals surface area contributed by atoms with Crippen LogP contribution in [0.25, 0.3) is 22.7 Å². The zero-order chi connectivity index (χ0) is 32.6. The van der Waals surface area contributed by atoms with Crippen molar-refractivity contribution in [2.75, 3.05) is 10.7 Å². The molecule has 0 aliphatic carbocycles. The number of amides is 1. The second-order valence-electron chi connectivity index (χ2n) is 10.4. The molecule has 2 aromatic carbocycles. The van der Waals surface area contributed by atoms with Crippen LogP contribution in [0, 0.1) is 11.3 Å². The number of fused-ring (bicyclic) bond motifs is 1. The Kier molecular flexibility index (Phi) is 8.39. The van der Waals surface area contributed by atoms with Gasteiger partial charge >= 0.3 is 6.36 Å². The Morgan fingerprint density at radius 3 is 2.36 bits per heavy atom. The van der Waals surface area contributed by atoms with E-state index < -0.39 is 45.1 Å². The largest absolute Gasteiger partial charge is 0.573 e. The Balaban J connectivity index is 1.48. The Bertz CT molecular complexity index is 1870. The van der Waals surface area contributed by atoms with Gasteiger partial charge in [0.15, 0.2) is 9.84 Å². The molecule has 1 amide bonds. The van der Waals surface area contributed by atoms with Crippen LogP contribution in [0.3, 0.4) is 0 Å². The minimum absolute atomic E-state index is 0.0520. The van der Waals surface area contributed by atoms with Crippen LogP contribution < -0.4 is 15.4 Å². The molecule has 1 aliphatic heterocycles. The fraction of sp³-hybridized carbons (Fsp3) is 0.300. The second kappa shape index (κ2) is 11.9. The maximum absolute atomic E-state index is 13.5. The van der Waals surface area contributed by atoms with E-state index in [1.807, 2.05) is 13.8 Å². The van der Waals surface area contributed by atoms with Crippen molar-refractivity contribution < 1.29 is 35.5 Å². The van der Waals surface area contributed by atoms with Gasteiger partial charge in [-0.25, -0.2) is 8.42 Å². The van der Waals surface area contributed by atoms with Crippen molar-refractivity contribution in [2.24, 2.45) is 5.73 Å². The van der Waals surface area contributed by atoms with Crippen LogP contribution in [0.4, 0.5) is 18.9 Å². The monoisotopic (exact) mass is 640 g/mol. The van der Waals surface area contributed by atoms with E-state index in [0.29, 0.717) is 35.2 Å². The van der Waals surface area contributed by atoms with Gasteiger partial charge in [0.1, 0.15) is 11.2 Å². The number of ether oxygens (including phenoxy) is 1. The number of hydrogen-bond donors (Lipinski definition) is 1. The summed E-state index contributed by atoms with van der Waals surface area (Å²) in [5, 5.41) is 17.9. The molecule has 15 heteroatoms. The normalized spacial score (nSPS) is 16.5. The number of carbonyl (C=O) groups excluding carboxylic acids is 1. The number of nitriles is 1. The van der Waals surface area contributed by atoms with Crippen molar-refractivity contribution in [1.82, 2.24) is 15.2 Å². The SMILES string of the molecule is CCC(C#N)(CC)c1nnc(-c2ccc3c(c2)N(Cc2ccc(-c4ccc(OC(F)(F)F)cn4)cc2)C(=O)[C@@H](N)CS3(=O)=O)o1. The van der Waals surface area contributed by atoms with Gasteiger partial charge in [-0.15, -0.1) is 23.4 Å². The van der Waals surface area contributed by atoms with Crippen LogP contribution >= 0.6 is 0 Å². The van der Waals surface area contributed by atoms with Crippen LogP contribution in [0.1, 0.15) is 38.1 Å². The van der Waals surface area contributed by atoms with Crippen molar-refractivity contribution in [3.63, 3.8) is 0 Å². The number of hydrogen-bond acceptors (Lipinski definition) is 10. The average molecular weight is 641 g/mol. The van der Waals surface area contributed by atoms with E-state index in [0.717, 1.165) is 12.3 Å². The number of carbonyl (C=O) groups is 1. The first kappa shape index (κ1) is 31.6. The highest BCUT2D eigenvalue weighted by Crippen LogP contribution is 2.37. The molecule has 3 heterocycles. The van der Waals surface area contributed by atoms with Crippen molar-refractivity contribution in [3.05, 3.63) is 72.2 Å². The van der Waals surface area contributed by atoms with E-state index in [4.69, 9.17) is 10.2 Å². The Hall–Kier alpha value is -4.81. The summed E-state index contributed by atoms with van der Waals surface area (Å²) in [6.07, 6.45) is -2.99. The lowest BCUT2D eigenvalue weighted by Crippen LogP contribution is -2.45. The molecule has 5 rings (SSSR count). The van der Waals surface area contributed by atoms with E-state index in [1.54, 1.807) is 24.3 Å². The Morgan fingerprint density at radius 2 is 1.76 bits per heavy atom. The Labute approximate surface area is 256 Å². The number of nitrogens with zero attached hydrogens (tertiary/aromatic N) is 5. The molecule has 2 aromatic heterocycles. The van der Waals surface area contributed by atoms with Crippen LogP contribution in [-0.2, 0) is 26.6 Å². The summed E-state index contributed by atoms with van der Waals surface area (Å²) in [5.41, 5.74) is 7.06. The predicted molar refractivity (Wildman–Crippen MR) is 155 cm³/mol. The number of alkyl halides is 3. The number of aromatic nitrogens is 3. The van der Waals surface area contributed by atoms with Crippen LogP contribution in [0.15, 0.2) is 70.1 Å². The van der Waals surface area contributed by atoms with Crippen LogP contribution in [-0.4, -0.2) is 47.7 Å². The summed E-state index contributed by atoms with van der Waals surface area (Å²) in [6.45, 7) is 3.62. The summed E-state index contributed by atoms with van der Waals surface area (Å²) in [5.74, 6) is -1.47. The van der Waals surface area contributed by atoms with Gasteiger partial charge in [-0.1, -0.05) is 38.1 Å². The molecule has 2 N–H and O–H groups in total. The quantitative estimate of drug-likeness (QED) is 0.279. The van der Waals surface area contributed by atoms with E-state index >= 15 is 0 Å². The van der Waals surface area contributed by atoms with Gasteiger partial charge in [0.2, 0.25) is 17.7 Å². The molecule has 4 aromatic rings. The Morgan fingerprint density at radius 1 is 1.07 bits per heavy atom. The highest BCUT2D eigenvalue weighted by Gasteiger charge is 2.38. The first-order valence-electron chi connectivity index (χ1n) is 13.8. The maximum atomic E-state index is 13.5. The van der Waals surface area contributed by atoms with Gasteiger partial charge in [0, 0.05) is 11.1 Å².